The van der Waals surface area contributed by atoms with Crippen LogP contribution >= 0.6 is 0 Å². The van der Waals surface area contributed by atoms with Gasteiger partial charge in [-0.1, -0.05) is 99.3 Å². The molecule has 0 bridgehead atoms. The zero-order chi connectivity index (χ0) is 23.5. The van der Waals surface area contributed by atoms with E-state index in [4.69, 9.17) is 4.74 Å². The Kier molecular flexibility index (Phi) is 13.5. The normalized spacial score (nSPS) is 29.1. The van der Waals surface area contributed by atoms with Gasteiger partial charge in [-0.3, -0.25) is 0 Å². The van der Waals surface area contributed by atoms with Crippen LogP contribution in [0.4, 0.5) is 0 Å². The van der Waals surface area contributed by atoms with E-state index < -0.39 is 0 Å². The number of hydrogen-bond donors (Lipinski definition) is 0. The van der Waals surface area contributed by atoms with Crippen molar-refractivity contribution < 1.29 is 4.74 Å². The maximum absolute atomic E-state index is 5.63. The fourth-order valence-corrected chi connectivity index (χ4v) is 5.53. The van der Waals surface area contributed by atoms with Gasteiger partial charge in [-0.2, -0.15) is 0 Å². The van der Waals surface area contributed by atoms with E-state index in [-0.39, 0.29) is 0 Å². The number of ether oxygens (including phenoxy) is 1. The topological polar surface area (TPSA) is 9.23 Å². The van der Waals surface area contributed by atoms with Gasteiger partial charge in [0, 0.05) is 7.11 Å². The lowest BCUT2D eigenvalue weighted by Gasteiger charge is -2.55. The Morgan fingerprint density at radius 3 is 2.03 bits per heavy atom. The molecule has 1 saturated carbocycles. The Labute approximate surface area is 191 Å². The molecule has 178 valence electrons. The number of hydrogen-bond acceptors (Lipinski definition) is 1. The van der Waals surface area contributed by atoms with Crippen LogP contribution in [0.2, 0.25) is 0 Å². The van der Waals surface area contributed by atoms with Crippen molar-refractivity contribution in [1.29, 1.82) is 0 Å². The molecule has 1 heteroatoms. The van der Waals surface area contributed by atoms with Crippen molar-refractivity contribution in [2.75, 3.05) is 13.7 Å². The van der Waals surface area contributed by atoms with E-state index in [1.807, 2.05) is 7.11 Å². The summed E-state index contributed by atoms with van der Waals surface area (Å²) in [5, 5.41) is 0. The van der Waals surface area contributed by atoms with Gasteiger partial charge in [-0.15, -0.1) is 0 Å². The molecule has 2 aliphatic carbocycles. The second-order valence-electron chi connectivity index (χ2n) is 11.3. The van der Waals surface area contributed by atoms with Crippen LogP contribution in [-0.2, 0) is 4.74 Å². The minimum atomic E-state index is 0.351. The predicted octanol–water partition coefficient (Wildman–Crippen LogP) is 9.63. The molecular formula is C29H56O. The Hall–Kier alpha value is -0.560. The standard InChI is InChI=1S/C22H38O.C4H10.C3H8/c1-8-18(16(2)3)14-19-10-11-20-21(5,15-23-7)12-9-13-22(20,6)17(19)4;1-4(2)3;1-3-2/h14,16,20H,8-13,15H2,1-7H3;4H,1-3H3;3H2,1-2H3/b18-14+;;. The van der Waals surface area contributed by atoms with Crippen molar-refractivity contribution in [2.45, 2.75) is 121 Å². The first kappa shape index (κ1) is 29.4. The summed E-state index contributed by atoms with van der Waals surface area (Å²) in [6.45, 7) is 26.0. The van der Waals surface area contributed by atoms with Crippen LogP contribution in [-0.4, -0.2) is 13.7 Å². The van der Waals surface area contributed by atoms with E-state index in [2.05, 4.69) is 82.2 Å². The van der Waals surface area contributed by atoms with E-state index in [0.717, 1.165) is 18.4 Å². The summed E-state index contributed by atoms with van der Waals surface area (Å²) in [5.41, 5.74) is 5.63. The van der Waals surface area contributed by atoms with Crippen molar-refractivity contribution in [1.82, 2.24) is 0 Å². The third kappa shape index (κ3) is 8.18. The molecule has 30 heavy (non-hydrogen) atoms. The number of methoxy groups -OCH3 is 1. The molecule has 0 heterocycles. The minimum absolute atomic E-state index is 0.351. The van der Waals surface area contributed by atoms with Crippen LogP contribution < -0.4 is 0 Å². The molecule has 2 aliphatic rings. The molecule has 0 aromatic carbocycles. The van der Waals surface area contributed by atoms with Gasteiger partial charge in [0.2, 0.25) is 0 Å². The Morgan fingerprint density at radius 2 is 1.60 bits per heavy atom. The number of fused-ring (bicyclic) bond motifs is 1. The number of allylic oxidation sites excluding steroid dienone is 4. The Balaban J connectivity index is 0.00000105. The van der Waals surface area contributed by atoms with Crippen molar-refractivity contribution in [3.05, 3.63) is 22.8 Å². The molecule has 0 amide bonds. The van der Waals surface area contributed by atoms with Gasteiger partial charge in [-0.25, -0.2) is 0 Å². The highest BCUT2D eigenvalue weighted by atomic mass is 16.5. The van der Waals surface area contributed by atoms with Crippen molar-refractivity contribution >= 4 is 0 Å². The zero-order valence-corrected chi connectivity index (χ0v) is 22.9. The molecule has 0 aliphatic heterocycles. The first-order valence-corrected chi connectivity index (χ1v) is 12.8. The van der Waals surface area contributed by atoms with Crippen LogP contribution in [0.25, 0.3) is 0 Å². The first-order valence-electron chi connectivity index (χ1n) is 12.8. The molecule has 2 rings (SSSR count). The van der Waals surface area contributed by atoms with Gasteiger partial charge >= 0.3 is 0 Å². The van der Waals surface area contributed by atoms with E-state index >= 15 is 0 Å². The average molecular weight is 421 g/mol. The molecule has 0 saturated heterocycles. The van der Waals surface area contributed by atoms with E-state index in [0.29, 0.717) is 16.7 Å². The highest BCUT2D eigenvalue weighted by molar-refractivity contribution is 5.36. The Morgan fingerprint density at radius 1 is 1.07 bits per heavy atom. The predicted molar refractivity (Wildman–Crippen MR) is 137 cm³/mol. The maximum atomic E-state index is 5.63. The summed E-state index contributed by atoms with van der Waals surface area (Å²) < 4.78 is 5.63. The van der Waals surface area contributed by atoms with E-state index in [1.165, 1.54) is 44.9 Å². The summed E-state index contributed by atoms with van der Waals surface area (Å²) in [7, 11) is 1.87. The summed E-state index contributed by atoms with van der Waals surface area (Å²) in [6.07, 6.45) is 11.6. The molecule has 0 aromatic heterocycles. The van der Waals surface area contributed by atoms with Crippen LogP contribution in [0, 0.1) is 28.6 Å². The van der Waals surface area contributed by atoms with Gasteiger partial charge in [-0.05, 0) is 73.2 Å². The molecule has 1 nitrogen and oxygen atoms in total. The second kappa shape index (κ2) is 13.8. The monoisotopic (exact) mass is 420 g/mol. The summed E-state index contributed by atoms with van der Waals surface area (Å²) >= 11 is 0. The van der Waals surface area contributed by atoms with Crippen molar-refractivity contribution in [2.24, 2.45) is 28.6 Å². The van der Waals surface area contributed by atoms with Gasteiger partial charge < -0.3 is 4.74 Å². The minimum Gasteiger partial charge on any atom is -0.384 e. The molecule has 3 unspecified atom stereocenters. The third-order valence-electron chi connectivity index (χ3n) is 7.08. The molecule has 0 N–H and O–H groups in total. The fraction of sp³-hybridized carbons (Fsp3) is 0.862. The maximum Gasteiger partial charge on any atom is 0.0518 e. The lowest BCUT2D eigenvalue weighted by molar-refractivity contribution is -0.0491. The van der Waals surface area contributed by atoms with Crippen LogP contribution in [0.15, 0.2) is 22.8 Å². The summed E-state index contributed by atoms with van der Waals surface area (Å²) in [5.74, 6) is 2.26. The molecule has 0 spiro atoms. The lowest BCUT2D eigenvalue weighted by Crippen LogP contribution is -2.48. The van der Waals surface area contributed by atoms with E-state index in [9.17, 15) is 0 Å². The van der Waals surface area contributed by atoms with E-state index in [1.54, 1.807) is 16.7 Å². The Bertz CT molecular complexity index is 532. The molecule has 0 aromatic rings. The van der Waals surface area contributed by atoms with Crippen molar-refractivity contribution in [3.63, 3.8) is 0 Å². The second-order valence-corrected chi connectivity index (χ2v) is 11.3. The highest BCUT2D eigenvalue weighted by Gasteiger charge is 2.51. The van der Waals surface area contributed by atoms with Crippen LogP contribution in [0.1, 0.15) is 121 Å². The van der Waals surface area contributed by atoms with Crippen molar-refractivity contribution in [3.8, 4) is 0 Å². The SMILES string of the molecule is CC(C)C.CC/C(=C\C1=C(C)C2(C)CCCC(C)(COC)C2CC1)C(C)C.CCC. The molecule has 3 atom stereocenters. The lowest BCUT2D eigenvalue weighted by atomic mass is 9.50. The fourth-order valence-electron chi connectivity index (χ4n) is 5.53. The number of rotatable bonds is 5. The molecule has 1 fully saturated rings. The summed E-state index contributed by atoms with van der Waals surface area (Å²) in [6, 6.07) is 0. The first-order chi connectivity index (χ1) is 13.9. The van der Waals surface area contributed by atoms with Crippen LogP contribution in [0.3, 0.4) is 0 Å². The summed E-state index contributed by atoms with van der Waals surface area (Å²) in [4.78, 5) is 0. The average Bonchev–Trinajstić information content (AvgIpc) is 2.62. The smallest absolute Gasteiger partial charge is 0.0518 e. The highest BCUT2D eigenvalue weighted by Crippen LogP contribution is 2.59. The quantitative estimate of drug-likeness (QED) is 0.430. The molecule has 0 radical (unpaired) electrons. The molecular weight excluding hydrogens is 364 g/mol. The largest absolute Gasteiger partial charge is 0.384 e. The van der Waals surface area contributed by atoms with Gasteiger partial charge in [0.15, 0.2) is 0 Å². The van der Waals surface area contributed by atoms with Gasteiger partial charge in [0.1, 0.15) is 0 Å². The van der Waals surface area contributed by atoms with Crippen LogP contribution in [0.5, 0.6) is 0 Å². The van der Waals surface area contributed by atoms with Gasteiger partial charge in [0.05, 0.1) is 6.61 Å². The third-order valence-corrected chi connectivity index (χ3v) is 7.08. The van der Waals surface area contributed by atoms with Gasteiger partial charge in [0.25, 0.3) is 0 Å². The zero-order valence-electron chi connectivity index (χ0n) is 22.9.